The zero-order chi connectivity index (χ0) is 13.8. The summed E-state index contributed by atoms with van der Waals surface area (Å²) in [5.41, 5.74) is 0. The summed E-state index contributed by atoms with van der Waals surface area (Å²) in [7, 11) is 3.07. The fraction of sp³-hybridized carbons (Fsp3) is 0.545. The van der Waals surface area contributed by atoms with Gasteiger partial charge in [0.05, 0.1) is 20.3 Å². The van der Waals surface area contributed by atoms with E-state index in [0.29, 0.717) is 31.3 Å². The summed E-state index contributed by atoms with van der Waals surface area (Å²) in [4.78, 5) is 21.7. The van der Waals surface area contributed by atoms with Gasteiger partial charge in [-0.3, -0.25) is 4.79 Å². The van der Waals surface area contributed by atoms with Crippen molar-refractivity contribution in [3.63, 3.8) is 0 Å². The largest absolute Gasteiger partial charge is 0.490 e. The average molecular weight is 287 g/mol. The lowest BCUT2D eigenvalue weighted by molar-refractivity contribution is -0.124. The summed E-state index contributed by atoms with van der Waals surface area (Å²) in [6.07, 6.45) is 1.34. The molecule has 1 aliphatic heterocycles. The number of anilines is 1. The van der Waals surface area contributed by atoms with Gasteiger partial charge in [-0.15, -0.1) is 0 Å². The molecule has 1 aromatic heterocycles. The Bertz CT molecular complexity index is 471. The number of nitrogens with one attached hydrogen (secondary N) is 1. The number of aromatic nitrogens is 2. The van der Waals surface area contributed by atoms with Crippen LogP contribution in [0.4, 0.5) is 5.82 Å². The molecule has 1 atom stereocenters. The molecule has 0 aromatic carbocycles. The van der Waals surface area contributed by atoms with Crippen LogP contribution in [0.2, 0.25) is 5.15 Å². The number of hydrogen-bond donors (Lipinski definition) is 1. The Balaban J connectivity index is 2.37. The van der Waals surface area contributed by atoms with Crippen LogP contribution in [0, 0.1) is 0 Å². The third-order valence-electron chi connectivity index (χ3n) is 2.90. The van der Waals surface area contributed by atoms with E-state index < -0.39 is 6.04 Å². The van der Waals surface area contributed by atoms with Gasteiger partial charge in [0.25, 0.3) is 0 Å². The molecule has 8 heteroatoms. The van der Waals surface area contributed by atoms with E-state index in [1.54, 1.807) is 7.05 Å². The van der Waals surface area contributed by atoms with Crippen LogP contribution in [0.3, 0.4) is 0 Å². The van der Waals surface area contributed by atoms with Crippen LogP contribution >= 0.6 is 11.6 Å². The van der Waals surface area contributed by atoms with E-state index in [4.69, 9.17) is 21.1 Å². The molecule has 1 unspecified atom stereocenters. The van der Waals surface area contributed by atoms with Crippen molar-refractivity contribution in [3.8, 4) is 5.75 Å². The van der Waals surface area contributed by atoms with Crippen molar-refractivity contribution in [3.05, 3.63) is 11.5 Å². The second-order valence-electron chi connectivity index (χ2n) is 3.92. The molecule has 0 aliphatic carbocycles. The van der Waals surface area contributed by atoms with Crippen molar-refractivity contribution in [2.45, 2.75) is 6.04 Å². The van der Waals surface area contributed by atoms with Gasteiger partial charge in [-0.25, -0.2) is 9.97 Å². The first-order chi connectivity index (χ1) is 9.19. The summed E-state index contributed by atoms with van der Waals surface area (Å²) >= 11 is 5.98. The van der Waals surface area contributed by atoms with Gasteiger partial charge in [-0.1, -0.05) is 11.6 Å². The van der Waals surface area contributed by atoms with Crippen LogP contribution in [0.5, 0.6) is 5.75 Å². The van der Waals surface area contributed by atoms with E-state index in [1.807, 2.05) is 4.90 Å². The van der Waals surface area contributed by atoms with Crippen molar-refractivity contribution in [2.24, 2.45) is 0 Å². The number of rotatable bonds is 3. The summed E-state index contributed by atoms with van der Waals surface area (Å²) in [6.45, 7) is 1.34. The summed E-state index contributed by atoms with van der Waals surface area (Å²) in [6, 6.07) is -0.460. The number of nitrogens with zero attached hydrogens (tertiary/aromatic N) is 3. The topological polar surface area (TPSA) is 76.6 Å². The molecule has 104 valence electrons. The quantitative estimate of drug-likeness (QED) is 0.794. The fourth-order valence-corrected chi connectivity index (χ4v) is 2.17. The number of ether oxygens (including phenoxy) is 2. The molecule has 2 heterocycles. The van der Waals surface area contributed by atoms with Crippen LogP contribution in [0.25, 0.3) is 0 Å². The van der Waals surface area contributed by atoms with Gasteiger partial charge in [-0.05, 0) is 0 Å². The van der Waals surface area contributed by atoms with Crippen molar-refractivity contribution in [2.75, 3.05) is 38.8 Å². The average Bonchev–Trinajstić information content (AvgIpc) is 2.46. The van der Waals surface area contributed by atoms with Crippen LogP contribution in [0.15, 0.2) is 6.33 Å². The highest BCUT2D eigenvalue weighted by Gasteiger charge is 2.32. The zero-order valence-corrected chi connectivity index (χ0v) is 11.5. The van der Waals surface area contributed by atoms with Crippen LogP contribution in [-0.4, -0.2) is 55.8 Å². The minimum absolute atomic E-state index is 0.142. The molecule has 19 heavy (non-hydrogen) atoms. The Hall–Kier alpha value is -1.60. The van der Waals surface area contributed by atoms with Gasteiger partial charge in [0.2, 0.25) is 5.91 Å². The SMILES string of the molecule is CNC(=O)C1COCCN1c1ncnc(Cl)c1OC. The van der Waals surface area contributed by atoms with E-state index in [-0.39, 0.29) is 11.1 Å². The molecule has 7 nitrogen and oxygen atoms in total. The molecule has 1 fully saturated rings. The summed E-state index contributed by atoms with van der Waals surface area (Å²) in [5.74, 6) is 0.718. The smallest absolute Gasteiger partial charge is 0.244 e. The lowest BCUT2D eigenvalue weighted by atomic mass is 10.2. The Morgan fingerprint density at radius 2 is 2.42 bits per heavy atom. The molecule has 0 radical (unpaired) electrons. The number of likely N-dealkylation sites (N-methyl/N-ethyl adjacent to an activating group) is 1. The van der Waals surface area contributed by atoms with E-state index in [0.717, 1.165) is 0 Å². The number of amides is 1. The van der Waals surface area contributed by atoms with E-state index in [9.17, 15) is 4.79 Å². The molecular weight excluding hydrogens is 272 g/mol. The Morgan fingerprint density at radius 3 is 3.11 bits per heavy atom. The first kappa shape index (κ1) is 13.8. The minimum Gasteiger partial charge on any atom is -0.490 e. The predicted molar refractivity (Wildman–Crippen MR) is 69.6 cm³/mol. The maximum atomic E-state index is 11.9. The molecular formula is C11H15ClN4O3. The highest BCUT2D eigenvalue weighted by molar-refractivity contribution is 6.31. The van der Waals surface area contributed by atoms with Crippen LogP contribution in [-0.2, 0) is 9.53 Å². The van der Waals surface area contributed by atoms with E-state index >= 15 is 0 Å². The van der Waals surface area contributed by atoms with Gasteiger partial charge in [0, 0.05) is 13.6 Å². The molecule has 1 N–H and O–H groups in total. The number of carbonyl (C=O) groups is 1. The van der Waals surface area contributed by atoms with E-state index in [2.05, 4.69) is 15.3 Å². The first-order valence-electron chi connectivity index (χ1n) is 5.79. The number of morpholine rings is 1. The third-order valence-corrected chi connectivity index (χ3v) is 3.16. The Morgan fingerprint density at radius 1 is 1.63 bits per heavy atom. The number of methoxy groups -OCH3 is 1. The zero-order valence-electron chi connectivity index (χ0n) is 10.7. The van der Waals surface area contributed by atoms with Crippen LogP contribution < -0.4 is 15.0 Å². The van der Waals surface area contributed by atoms with Gasteiger partial charge in [0.15, 0.2) is 16.7 Å². The third kappa shape index (κ3) is 2.71. The summed E-state index contributed by atoms with van der Waals surface area (Å²) < 4.78 is 10.6. The first-order valence-corrected chi connectivity index (χ1v) is 6.17. The molecule has 1 aliphatic rings. The molecule has 2 rings (SSSR count). The molecule has 0 bridgehead atoms. The predicted octanol–water partition coefficient (Wildman–Crippen LogP) is 0.0898. The normalized spacial score (nSPS) is 19.1. The second kappa shape index (κ2) is 6.03. The van der Waals surface area contributed by atoms with Crippen molar-refractivity contribution >= 4 is 23.3 Å². The van der Waals surface area contributed by atoms with Crippen molar-refractivity contribution in [1.29, 1.82) is 0 Å². The fourth-order valence-electron chi connectivity index (χ4n) is 1.96. The Labute approximate surface area is 115 Å². The van der Waals surface area contributed by atoms with Gasteiger partial charge >= 0.3 is 0 Å². The molecule has 1 saturated heterocycles. The highest BCUT2D eigenvalue weighted by Crippen LogP contribution is 2.33. The lowest BCUT2D eigenvalue weighted by Gasteiger charge is -2.35. The lowest BCUT2D eigenvalue weighted by Crippen LogP contribution is -2.53. The van der Waals surface area contributed by atoms with Gasteiger partial charge < -0.3 is 19.7 Å². The number of halogens is 1. The molecule has 0 saturated carbocycles. The maximum Gasteiger partial charge on any atom is 0.244 e. The van der Waals surface area contributed by atoms with Crippen molar-refractivity contribution < 1.29 is 14.3 Å². The van der Waals surface area contributed by atoms with Gasteiger partial charge in [-0.2, -0.15) is 0 Å². The summed E-state index contributed by atoms with van der Waals surface area (Å²) in [5, 5.41) is 2.83. The van der Waals surface area contributed by atoms with Gasteiger partial charge in [0.1, 0.15) is 12.4 Å². The minimum atomic E-state index is -0.460. The monoisotopic (exact) mass is 286 g/mol. The number of carbonyl (C=O) groups excluding carboxylic acids is 1. The number of hydrogen-bond acceptors (Lipinski definition) is 6. The molecule has 1 amide bonds. The Kier molecular flexibility index (Phi) is 4.39. The maximum absolute atomic E-state index is 11.9. The van der Waals surface area contributed by atoms with Crippen LogP contribution in [0.1, 0.15) is 0 Å². The highest BCUT2D eigenvalue weighted by atomic mass is 35.5. The molecule has 0 spiro atoms. The second-order valence-corrected chi connectivity index (χ2v) is 4.28. The standard InChI is InChI=1S/C11H15ClN4O3/c1-13-11(17)7-5-19-4-3-16(7)10-8(18-2)9(12)14-6-15-10/h6-7H,3-5H2,1-2H3,(H,13,17). The molecule has 1 aromatic rings. The van der Waals surface area contributed by atoms with Crippen molar-refractivity contribution in [1.82, 2.24) is 15.3 Å². The van der Waals surface area contributed by atoms with E-state index in [1.165, 1.54) is 13.4 Å².